The Bertz CT molecular complexity index is 1710. The summed E-state index contributed by atoms with van der Waals surface area (Å²) in [4.78, 5) is 85.3. The largest absolute Gasteiger partial charge is 0.379 e. The van der Waals surface area contributed by atoms with E-state index in [0.29, 0.717) is 38.6 Å². The fourth-order valence-electron chi connectivity index (χ4n) is 8.08. The smallest absolute Gasteiger partial charge is 0.256 e. The standard InChI is InChI=1S/C42H68N6O10S/c1-11-27(5)38(47(8)36(51)25-43-42(54)37(26(3)4)46(7)34(49)12-2)33(57-9)24-35(50)48-22-16-19-32(48)39(58-10)28(6)40(52)44-31(23-29-17-14-13-15-18-29)41(53)45-59(55,56)30-20-21-30/h13-15,17-18,26-28,30-33,37-39H,11-12,16,19-25H2,1-10H3,(H,43,54)(H,44,52)(H,45,53)/t27-,28+,31-,32-,33+,37?,38-,39+/m0/s1. The van der Waals surface area contributed by atoms with Crippen molar-refractivity contribution in [1.29, 1.82) is 0 Å². The van der Waals surface area contributed by atoms with E-state index in [4.69, 9.17) is 9.47 Å². The highest BCUT2D eigenvalue weighted by Gasteiger charge is 2.43. The number of hydrogen-bond acceptors (Lipinski definition) is 10. The van der Waals surface area contributed by atoms with Crippen LogP contribution in [0.15, 0.2) is 30.3 Å². The number of nitrogens with one attached hydrogen (secondary N) is 3. The molecule has 8 atom stereocenters. The van der Waals surface area contributed by atoms with Crippen LogP contribution < -0.4 is 15.4 Å². The van der Waals surface area contributed by atoms with Gasteiger partial charge in [-0.05, 0) is 43.1 Å². The Kier molecular flexibility index (Phi) is 18.8. The zero-order chi connectivity index (χ0) is 44.2. The maximum atomic E-state index is 14.2. The molecule has 332 valence electrons. The van der Waals surface area contributed by atoms with Crippen LogP contribution in [-0.2, 0) is 54.7 Å². The Morgan fingerprint density at radius 2 is 1.51 bits per heavy atom. The number of rotatable bonds is 23. The first kappa shape index (κ1) is 49.3. The second kappa shape index (κ2) is 22.5. The van der Waals surface area contributed by atoms with Crippen molar-refractivity contribution in [3.05, 3.63) is 35.9 Å². The van der Waals surface area contributed by atoms with Crippen molar-refractivity contribution in [1.82, 2.24) is 30.1 Å². The van der Waals surface area contributed by atoms with E-state index >= 15 is 0 Å². The van der Waals surface area contributed by atoms with E-state index in [1.807, 2.05) is 33.8 Å². The number of sulfonamides is 1. The average molecular weight is 849 g/mol. The summed E-state index contributed by atoms with van der Waals surface area (Å²) in [5.41, 5.74) is 0.730. The number of nitrogens with zero attached hydrogens (tertiary/aromatic N) is 3. The third-order valence-electron chi connectivity index (χ3n) is 11.9. The van der Waals surface area contributed by atoms with E-state index < -0.39 is 75.3 Å². The number of ether oxygens (including phenoxy) is 2. The first-order valence-electron chi connectivity index (χ1n) is 20.9. The highest BCUT2D eigenvalue weighted by molar-refractivity contribution is 7.90. The molecular weight excluding hydrogens is 781 g/mol. The molecule has 0 aromatic heterocycles. The summed E-state index contributed by atoms with van der Waals surface area (Å²) in [6.07, 6.45) is 1.57. The van der Waals surface area contributed by atoms with Crippen molar-refractivity contribution < 1.29 is 46.7 Å². The Hall–Kier alpha value is -4.09. The predicted octanol–water partition coefficient (Wildman–Crippen LogP) is 2.25. The molecule has 1 unspecified atom stereocenters. The van der Waals surface area contributed by atoms with Crippen molar-refractivity contribution in [2.24, 2.45) is 17.8 Å². The SMILES string of the molecule is CCC(=O)N(C)C(C(=O)NCC(=O)N(C)[C@@H]([C@@H](C)CC)[C@@H](CC(=O)N1CCC[C@H]1[C@H](OC)[C@@H](C)C(=O)N[C@@H](Cc1ccccc1)C(=O)NS(=O)(=O)C1CC1)OC)C(C)C. The van der Waals surface area contributed by atoms with Gasteiger partial charge in [0.25, 0.3) is 5.91 Å². The third kappa shape index (κ3) is 13.2. The summed E-state index contributed by atoms with van der Waals surface area (Å²) in [6.45, 7) is 11.1. The molecule has 3 N–H and O–H groups in total. The van der Waals surface area contributed by atoms with Gasteiger partial charge in [0.05, 0.1) is 48.4 Å². The van der Waals surface area contributed by atoms with Gasteiger partial charge in [-0.3, -0.25) is 33.5 Å². The van der Waals surface area contributed by atoms with Crippen molar-refractivity contribution in [3.8, 4) is 0 Å². The zero-order valence-corrected chi connectivity index (χ0v) is 37.4. The van der Waals surface area contributed by atoms with E-state index in [0.717, 1.165) is 5.56 Å². The molecule has 3 rings (SSSR count). The molecule has 6 amide bonds. The Morgan fingerprint density at radius 3 is 2.05 bits per heavy atom. The number of amides is 6. The monoisotopic (exact) mass is 848 g/mol. The summed E-state index contributed by atoms with van der Waals surface area (Å²) in [5, 5.41) is 4.86. The normalized spacial score (nSPS) is 19.1. The molecule has 1 heterocycles. The van der Waals surface area contributed by atoms with Crippen molar-refractivity contribution in [2.75, 3.05) is 41.4 Å². The number of methoxy groups -OCH3 is 2. The van der Waals surface area contributed by atoms with Gasteiger partial charge in [0.15, 0.2) is 0 Å². The molecule has 1 saturated carbocycles. The lowest BCUT2D eigenvalue weighted by Crippen LogP contribution is -2.56. The summed E-state index contributed by atoms with van der Waals surface area (Å²) in [6, 6.07) is 6.01. The number of likely N-dealkylation sites (N-methyl/N-ethyl adjacent to an activating group) is 2. The van der Waals surface area contributed by atoms with Crippen LogP contribution >= 0.6 is 0 Å². The minimum Gasteiger partial charge on any atom is -0.379 e. The molecule has 2 aliphatic rings. The minimum atomic E-state index is -3.87. The van der Waals surface area contributed by atoms with Gasteiger partial charge in [0.2, 0.25) is 39.6 Å². The summed E-state index contributed by atoms with van der Waals surface area (Å²) in [5.74, 6) is -3.73. The molecule has 17 heteroatoms. The van der Waals surface area contributed by atoms with Gasteiger partial charge in [-0.1, -0.05) is 78.3 Å². The second-order valence-electron chi connectivity index (χ2n) is 16.4. The molecule has 1 aliphatic carbocycles. The highest BCUT2D eigenvalue weighted by atomic mass is 32.2. The minimum absolute atomic E-state index is 0.0614. The van der Waals surface area contributed by atoms with E-state index in [1.165, 1.54) is 24.0 Å². The lowest BCUT2D eigenvalue weighted by atomic mass is 9.90. The fraction of sp³-hybridized carbons (Fsp3) is 0.714. The molecule has 1 saturated heterocycles. The van der Waals surface area contributed by atoms with Crippen LogP contribution in [0.5, 0.6) is 0 Å². The van der Waals surface area contributed by atoms with Crippen molar-refractivity contribution >= 4 is 45.5 Å². The molecule has 0 spiro atoms. The molecular formula is C42H68N6O10S. The molecule has 0 radical (unpaired) electrons. The van der Waals surface area contributed by atoms with Gasteiger partial charge in [-0.25, -0.2) is 8.42 Å². The molecule has 1 aromatic carbocycles. The van der Waals surface area contributed by atoms with E-state index in [1.54, 1.807) is 57.1 Å². The van der Waals surface area contributed by atoms with Crippen LogP contribution in [0.2, 0.25) is 0 Å². The molecule has 1 aliphatic heterocycles. The van der Waals surface area contributed by atoms with Gasteiger partial charge in [-0.15, -0.1) is 0 Å². The number of likely N-dealkylation sites (tertiary alicyclic amines) is 1. The third-order valence-corrected chi connectivity index (χ3v) is 13.7. The zero-order valence-electron chi connectivity index (χ0n) is 36.6. The van der Waals surface area contributed by atoms with Crippen LogP contribution in [0.4, 0.5) is 0 Å². The first-order valence-corrected chi connectivity index (χ1v) is 22.4. The van der Waals surface area contributed by atoms with E-state index in [-0.39, 0.29) is 55.4 Å². The average Bonchev–Trinajstić information content (AvgIpc) is 3.97. The highest BCUT2D eigenvalue weighted by Crippen LogP contribution is 2.30. The fourth-order valence-corrected chi connectivity index (χ4v) is 9.43. The van der Waals surface area contributed by atoms with Gasteiger partial charge in [0.1, 0.15) is 12.1 Å². The van der Waals surface area contributed by atoms with Gasteiger partial charge >= 0.3 is 0 Å². The summed E-state index contributed by atoms with van der Waals surface area (Å²) in [7, 11) is 2.29. The van der Waals surface area contributed by atoms with Crippen LogP contribution in [0.25, 0.3) is 0 Å². The van der Waals surface area contributed by atoms with Crippen LogP contribution in [0.3, 0.4) is 0 Å². The van der Waals surface area contributed by atoms with E-state index in [2.05, 4.69) is 15.4 Å². The Morgan fingerprint density at radius 1 is 0.864 bits per heavy atom. The lowest BCUT2D eigenvalue weighted by Gasteiger charge is -2.39. The second-order valence-corrected chi connectivity index (χ2v) is 18.3. The summed E-state index contributed by atoms with van der Waals surface area (Å²) < 4.78 is 39.3. The molecule has 59 heavy (non-hydrogen) atoms. The summed E-state index contributed by atoms with van der Waals surface area (Å²) >= 11 is 0. The first-order chi connectivity index (χ1) is 27.8. The maximum absolute atomic E-state index is 14.2. The molecule has 1 aromatic rings. The number of carbonyl (C=O) groups is 6. The van der Waals surface area contributed by atoms with Gasteiger partial charge in [0, 0.05) is 47.7 Å². The Balaban J connectivity index is 1.74. The van der Waals surface area contributed by atoms with Crippen LogP contribution in [0.1, 0.15) is 92.1 Å². The number of benzene rings is 1. The van der Waals surface area contributed by atoms with Crippen molar-refractivity contribution in [3.63, 3.8) is 0 Å². The van der Waals surface area contributed by atoms with Crippen LogP contribution in [0, 0.1) is 17.8 Å². The van der Waals surface area contributed by atoms with Crippen molar-refractivity contribution in [2.45, 2.75) is 135 Å². The lowest BCUT2D eigenvalue weighted by molar-refractivity contribution is -0.146. The number of hydrogen-bond donors (Lipinski definition) is 3. The quantitative estimate of drug-likeness (QED) is 0.147. The molecule has 0 bridgehead atoms. The topological polar surface area (TPSA) is 201 Å². The van der Waals surface area contributed by atoms with Gasteiger partial charge in [-0.2, -0.15) is 0 Å². The molecule has 2 fully saturated rings. The maximum Gasteiger partial charge on any atom is 0.256 e. The van der Waals surface area contributed by atoms with Gasteiger partial charge < -0.3 is 34.8 Å². The van der Waals surface area contributed by atoms with E-state index in [9.17, 15) is 37.2 Å². The predicted molar refractivity (Wildman–Crippen MR) is 223 cm³/mol. The Labute approximate surface area is 350 Å². The molecule has 16 nitrogen and oxygen atoms in total. The number of carbonyl (C=O) groups excluding carboxylic acids is 6. The van der Waals surface area contributed by atoms with Crippen LogP contribution in [-0.4, -0.2) is 142 Å².